The fraction of sp³-hybridized carbons (Fsp3) is 0.533. The summed E-state index contributed by atoms with van der Waals surface area (Å²) in [5, 5.41) is 7.20. The molecule has 0 spiro atoms. The molecule has 2 atom stereocenters. The first-order valence-corrected chi connectivity index (χ1v) is 7.51. The molecule has 7 nitrogen and oxygen atoms in total. The molecule has 0 radical (unpaired) electrons. The summed E-state index contributed by atoms with van der Waals surface area (Å²) in [6.07, 6.45) is 4.92. The Labute approximate surface area is 129 Å². The van der Waals surface area contributed by atoms with Crippen LogP contribution in [-0.4, -0.2) is 50.7 Å². The highest BCUT2D eigenvalue weighted by atomic mass is 16.5. The van der Waals surface area contributed by atoms with Crippen LogP contribution in [0.15, 0.2) is 12.5 Å². The molecule has 0 saturated carbocycles. The van der Waals surface area contributed by atoms with Crippen molar-refractivity contribution in [2.24, 2.45) is 0 Å². The molecule has 7 heteroatoms. The van der Waals surface area contributed by atoms with Gasteiger partial charge in [-0.25, -0.2) is 4.98 Å². The van der Waals surface area contributed by atoms with Crippen molar-refractivity contribution in [2.45, 2.75) is 38.9 Å². The van der Waals surface area contributed by atoms with Gasteiger partial charge in [-0.1, -0.05) is 0 Å². The zero-order chi connectivity index (χ0) is 15.7. The Balaban J connectivity index is 1.72. The van der Waals surface area contributed by atoms with Gasteiger partial charge in [0.2, 0.25) is 0 Å². The molecule has 2 N–H and O–H groups in total. The van der Waals surface area contributed by atoms with Crippen molar-refractivity contribution >= 4 is 5.91 Å². The number of amides is 1. The fourth-order valence-corrected chi connectivity index (χ4v) is 2.84. The normalized spacial score (nSPS) is 20.7. The second kappa shape index (κ2) is 5.92. The molecule has 0 bridgehead atoms. The standard InChI is InChI=1S/C15H21N5O2/c1-9-6-12-13(10(2)22-9)18-19-14(12)15(21)20(3)5-4-11-7-16-8-17-11/h7-10H,4-6H2,1-3H3,(H,16,17)(H,18,19)/t9-,10+/m1/s1. The first-order chi connectivity index (χ1) is 10.6. The molecular formula is C15H21N5O2. The van der Waals surface area contributed by atoms with Gasteiger partial charge in [0.1, 0.15) is 0 Å². The summed E-state index contributed by atoms with van der Waals surface area (Å²) >= 11 is 0. The molecule has 0 fully saturated rings. The third-order valence-corrected chi connectivity index (χ3v) is 4.05. The quantitative estimate of drug-likeness (QED) is 0.895. The number of carbonyl (C=O) groups excluding carboxylic acids is 1. The molecule has 0 unspecified atom stereocenters. The van der Waals surface area contributed by atoms with Gasteiger partial charge in [-0.3, -0.25) is 9.89 Å². The maximum Gasteiger partial charge on any atom is 0.274 e. The first-order valence-electron chi connectivity index (χ1n) is 7.51. The van der Waals surface area contributed by atoms with Crippen LogP contribution in [0.2, 0.25) is 0 Å². The molecule has 3 heterocycles. The second-order valence-electron chi connectivity index (χ2n) is 5.81. The van der Waals surface area contributed by atoms with Crippen LogP contribution in [0, 0.1) is 0 Å². The number of nitrogens with one attached hydrogen (secondary N) is 2. The molecule has 118 valence electrons. The molecule has 1 aliphatic heterocycles. The van der Waals surface area contributed by atoms with E-state index in [1.807, 2.05) is 13.8 Å². The highest BCUT2D eigenvalue weighted by molar-refractivity contribution is 5.94. The van der Waals surface area contributed by atoms with Gasteiger partial charge in [0.15, 0.2) is 5.69 Å². The zero-order valence-corrected chi connectivity index (χ0v) is 13.1. The number of rotatable bonds is 4. The Morgan fingerprint density at radius 2 is 2.32 bits per heavy atom. The number of hydrogen-bond acceptors (Lipinski definition) is 4. The average Bonchev–Trinajstić information content (AvgIpc) is 3.13. The molecule has 0 aromatic carbocycles. The third-order valence-electron chi connectivity index (χ3n) is 4.05. The molecule has 22 heavy (non-hydrogen) atoms. The summed E-state index contributed by atoms with van der Waals surface area (Å²) in [5.74, 6) is -0.0571. The van der Waals surface area contributed by atoms with Gasteiger partial charge >= 0.3 is 0 Å². The van der Waals surface area contributed by atoms with Crippen LogP contribution in [0.5, 0.6) is 0 Å². The lowest BCUT2D eigenvalue weighted by atomic mass is 9.99. The number of hydrogen-bond donors (Lipinski definition) is 2. The van der Waals surface area contributed by atoms with Crippen molar-refractivity contribution in [3.05, 3.63) is 35.2 Å². The molecule has 0 aliphatic carbocycles. The summed E-state index contributed by atoms with van der Waals surface area (Å²) < 4.78 is 5.76. The smallest absolute Gasteiger partial charge is 0.274 e. The van der Waals surface area contributed by atoms with Crippen LogP contribution >= 0.6 is 0 Å². The third kappa shape index (κ3) is 2.76. The molecule has 1 amide bonds. The number of carbonyl (C=O) groups is 1. The minimum absolute atomic E-state index is 0.0527. The lowest BCUT2D eigenvalue weighted by Crippen LogP contribution is -2.31. The molecule has 1 aliphatic rings. The van der Waals surface area contributed by atoms with Gasteiger partial charge in [0.05, 0.1) is 24.2 Å². The lowest BCUT2D eigenvalue weighted by molar-refractivity contribution is -0.00701. The monoisotopic (exact) mass is 303 g/mol. The van der Waals surface area contributed by atoms with E-state index in [0.717, 1.165) is 23.4 Å². The minimum Gasteiger partial charge on any atom is -0.369 e. The highest BCUT2D eigenvalue weighted by Gasteiger charge is 2.30. The van der Waals surface area contributed by atoms with E-state index in [-0.39, 0.29) is 18.1 Å². The van der Waals surface area contributed by atoms with Crippen molar-refractivity contribution in [3.63, 3.8) is 0 Å². The largest absolute Gasteiger partial charge is 0.369 e. The number of ether oxygens (including phenoxy) is 1. The van der Waals surface area contributed by atoms with Gasteiger partial charge in [-0.15, -0.1) is 0 Å². The number of nitrogens with zero attached hydrogens (tertiary/aromatic N) is 3. The molecular weight excluding hydrogens is 282 g/mol. The van der Waals surface area contributed by atoms with Crippen molar-refractivity contribution in [2.75, 3.05) is 13.6 Å². The predicted molar refractivity (Wildman–Crippen MR) is 80.5 cm³/mol. The number of fused-ring (bicyclic) bond motifs is 1. The van der Waals surface area contributed by atoms with Gasteiger partial charge in [-0.05, 0) is 13.8 Å². The van der Waals surface area contributed by atoms with Crippen LogP contribution in [0.25, 0.3) is 0 Å². The predicted octanol–water partition coefficient (Wildman–Crippen LogP) is 1.47. The van der Waals surface area contributed by atoms with Crippen LogP contribution in [0.4, 0.5) is 0 Å². The maximum absolute atomic E-state index is 12.6. The molecule has 0 saturated heterocycles. The fourth-order valence-electron chi connectivity index (χ4n) is 2.84. The van der Waals surface area contributed by atoms with Gasteiger partial charge < -0.3 is 14.6 Å². The average molecular weight is 303 g/mol. The summed E-state index contributed by atoms with van der Waals surface area (Å²) in [6.45, 7) is 4.61. The van der Waals surface area contributed by atoms with Crippen molar-refractivity contribution < 1.29 is 9.53 Å². The highest BCUT2D eigenvalue weighted by Crippen LogP contribution is 2.30. The summed E-state index contributed by atoms with van der Waals surface area (Å²) in [5.41, 5.74) is 3.44. The second-order valence-corrected chi connectivity index (χ2v) is 5.81. The van der Waals surface area contributed by atoms with Gasteiger partial charge in [-0.2, -0.15) is 5.10 Å². The number of H-pyrrole nitrogens is 2. The van der Waals surface area contributed by atoms with Crippen LogP contribution < -0.4 is 0 Å². The first kappa shape index (κ1) is 14.8. The molecule has 3 rings (SSSR count). The Morgan fingerprint density at radius 1 is 1.50 bits per heavy atom. The number of imidazole rings is 1. The van der Waals surface area contributed by atoms with E-state index in [1.165, 1.54) is 0 Å². The van der Waals surface area contributed by atoms with E-state index in [0.29, 0.717) is 18.7 Å². The van der Waals surface area contributed by atoms with Crippen molar-refractivity contribution in [1.29, 1.82) is 0 Å². The van der Waals surface area contributed by atoms with Crippen LogP contribution in [-0.2, 0) is 17.6 Å². The summed E-state index contributed by atoms with van der Waals surface area (Å²) in [6, 6.07) is 0. The summed E-state index contributed by atoms with van der Waals surface area (Å²) in [7, 11) is 1.80. The number of likely N-dealkylation sites (N-methyl/N-ethyl adjacent to an activating group) is 1. The van der Waals surface area contributed by atoms with Crippen LogP contribution in [0.3, 0.4) is 0 Å². The Hall–Kier alpha value is -2.15. The van der Waals surface area contributed by atoms with E-state index in [1.54, 1.807) is 24.5 Å². The Kier molecular flexibility index (Phi) is 3.98. The number of aromatic amines is 2. The van der Waals surface area contributed by atoms with E-state index < -0.39 is 0 Å². The topological polar surface area (TPSA) is 86.9 Å². The van der Waals surface area contributed by atoms with E-state index in [4.69, 9.17) is 4.74 Å². The lowest BCUT2D eigenvalue weighted by Gasteiger charge is -2.25. The van der Waals surface area contributed by atoms with E-state index in [9.17, 15) is 4.79 Å². The van der Waals surface area contributed by atoms with Gasteiger partial charge in [0.25, 0.3) is 5.91 Å². The van der Waals surface area contributed by atoms with Crippen LogP contribution in [0.1, 0.15) is 47.4 Å². The number of aromatic nitrogens is 4. The Morgan fingerprint density at radius 3 is 3.05 bits per heavy atom. The van der Waals surface area contributed by atoms with Crippen molar-refractivity contribution in [3.8, 4) is 0 Å². The van der Waals surface area contributed by atoms with Crippen molar-refractivity contribution in [1.82, 2.24) is 25.1 Å². The zero-order valence-electron chi connectivity index (χ0n) is 13.1. The molecule has 2 aromatic rings. The maximum atomic E-state index is 12.6. The van der Waals surface area contributed by atoms with E-state index >= 15 is 0 Å². The molecule has 2 aromatic heterocycles. The van der Waals surface area contributed by atoms with E-state index in [2.05, 4.69) is 20.2 Å². The van der Waals surface area contributed by atoms with Gasteiger partial charge in [0, 0.05) is 43.9 Å². The SMILES string of the molecule is C[C@@H]1Cc2c(C(=O)N(C)CCc3cnc[nH]3)n[nH]c2[C@H](C)O1. The summed E-state index contributed by atoms with van der Waals surface area (Å²) in [4.78, 5) is 21.3. The minimum atomic E-state index is -0.0571. The Bertz CT molecular complexity index is 649.